The fourth-order valence-corrected chi connectivity index (χ4v) is 6.10. The lowest BCUT2D eigenvalue weighted by molar-refractivity contribution is -0.138. The predicted octanol–water partition coefficient (Wildman–Crippen LogP) is 8.78. The summed E-state index contributed by atoms with van der Waals surface area (Å²) in [6.45, 7) is 0. The first-order valence-corrected chi connectivity index (χ1v) is 16.2. The Morgan fingerprint density at radius 1 is 0.625 bits per heavy atom. The lowest BCUT2D eigenvalue weighted by Crippen LogP contribution is -2.08. The summed E-state index contributed by atoms with van der Waals surface area (Å²) >= 11 is 2.36. The standard InChI is InChI=1S/C33H21F4N7O2S2/c34-25-12-8-21(9-13-25)29-39-42-32(45-29)48-19-26-17-44(43-38-26)27-14-10-20(11-15-27)22-5-3-6-23(16-22)30-40-41-31(46-30)47-18-24-4-1-2-7-28(24)33(35,36)37/h1-17H,18-19H2. The van der Waals surface area contributed by atoms with E-state index in [0.29, 0.717) is 33.7 Å². The van der Waals surface area contributed by atoms with Crippen molar-refractivity contribution in [3.63, 3.8) is 0 Å². The zero-order chi connectivity index (χ0) is 33.1. The Kier molecular flexibility index (Phi) is 8.78. The van der Waals surface area contributed by atoms with Crippen LogP contribution in [0.4, 0.5) is 17.6 Å². The number of alkyl halides is 3. The lowest BCUT2D eigenvalue weighted by Gasteiger charge is -2.11. The molecule has 0 fully saturated rings. The highest BCUT2D eigenvalue weighted by Gasteiger charge is 2.33. The van der Waals surface area contributed by atoms with Crippen LogP contribution in [0.3, 0.4) is 0 Å². The van der Waals surface area contributed by atoms with Crippen LogP contribution in [-0.4, -0.2) is 35.4 Å². The number of nitrogens with zero attached hydrogens (tertiary/aromatic N) is 7. The second-order valence-corrected chi connectivity index (χ2v) is 12.1. The van der Waals surface area contributed by atoms with Gasteiger partial charge in [0.2, 0.25) is 11.8 Å². The summed E-state index contributed by atoms with van der Waals surface area (Å²) in [4.78, 5) is 0. The molecule has 48 heavy (non-hydrogen) atoms. The van der Waals surface area contributed by atoms with E-state index in [9.17, 15) is 17.6 Å². The van der Waals surface area contributed by atoms with Gasteiger partial charge >= 0.3 is 6.18 Å². The molecule has 0 atom stereocenters. The van der Waals surface area contributed by atoms with Crippen molar-refractivity contribution in [3.8, 4) is 39.7 Å². The van der Waals surface area contributed by atoms with E-state index < -0.39 is 11.7 Å². The molecule has 7 rings (SSSR count). The Labute approximate surface area is 278 Å². The molecule has 0 amide bonds. The van der Waals surface area contributed by atoms with Crippen LogP contribution in [0.15, 0.2) is 123 Å². The maximum absolute atomic E-state index is 13.3. The summed E-state index contributed by atoms with van der Waals surface area (Å²) in [5.41, 5.74) is 4.12. The van der Waals surface area contributed by atoms with Crippen molar-refractivity contribution in [3.05, 3.63) is 126 Å². The molecule has 0 aliphatic carbocycles. The molecule has 0 saturated carbocycles. The first kappa shape index (κ1) is 31.3. The molecule has 3 heterocycles. The van der Waals surface area contributed by atoms with E-state index in [4.69, 9.17) is 8.83 Å². The zero-order valence-electron chi connectivity index (χ0n) is 24.5. The van der Waals surface area contributed by atoms with Gasteiger partial charge in [-0.3, -0.25) is 0 Å². The van der Waals surface area contributed by atoms with Gasteiger partial charge in [-0.05, 0) is 71.3 Å². The van der Waals surface area contributed by atoms with Gasteiger partial charge in [0, 0.05) is 22.6 Å². The van der Waals surface area contributed by atoms with E-state index in [2.05, 4.69) is 30.7 Å². The van der Waals surface area contributed by atoms with E-state index in [-0.39, 0.29) is 28.2 Å². The Balaban J connectivity index is 0.978. The summed E-state index contributed by atoms with van der Waals surface area (Å²) < 4.78 is 66.3. The molecular weight excluding hydrogens is 667 g/mol. The van der Waals surface area contributed by atoms with Gasteiger partial charge in [0.05, 0.1) is 23.1 Å². The van der Waals surface area contributed by atoms with Crippen molar-refractivity contribution in [1.29, 1.82) is 0 Å². The molecule has 0 saturated heterocycles. The van der Waals surface area contributed by atoms with Gasteiger partial charge in [0.25, 0.3) is 10.4 Å². The number of halogens is 4. The average molecular weight is 688 g/mol. The highest BCUT2D eigenvalue weighted by Crippen LogP contribution is 2.35. The van der Waals surface area contributed by atoms with Gasteiger partial charge in [-0.2, -0.15) is 13.2 Å². The van der Waals surface area contributed by atoms with Crippen molar-refractivity contribution in [2.24, 2.45) is 0 Å². The fourth-order valence-electron chi connectivity index (χ4n) is 4.69. The Morgan fingerprint density at radius 2 is 1.27 bits per heavy atom. The zero-order valence-corrected chi connectivity index (χ0v) is 26.1. The smallest absolute Gasteiger partial charge is 0.411 e. The van der Waals surface area contributed by atoms with Gasteiger partial charge in [-0.15, -0.1) is 25.5 Å². The van der Waals surface area contributed by atoms with Gasteiger partial charge in [-0.25, -0.2) is 9.07 Å². The van der Waals surface area contributed by atoms with Crippen LogP contribution >= 0.6 is 23.5 Å². The second kappa shape index (κ2) is 13.4. The molecule has 0 radical (unpaired) electrons. The number of aromatic nitrogens is 7. The van der Waals surface area contributed by atoms with Crippen LogP contribution in [-0.2, 0) is 17.7 Å². The summed E-state index contributed by atoms with van der Waals surface area (Å²) in [6, 6.07) is 26.5. The summed E-state index contributed by atoms with van der Waals surface area (Å²) in [6.07, 6.45) is -2.63. The van der Waals surface area contributed by atoms with Crippen molar-refractivity contribution in [2.45, 2.75) is 28.1 Å². The molecule has 0 spiro atoms. The fraction of sp³-hybridized carbons (Fsp3) is 0.0909. The third kappa shape index (κ3) is 7.16. The van der Waals surface area contributed by atoms with Crippen molar-refractivity contribution in [2.75, 3.05) is 0 Å². The van der Waals surface area contributed by atoms with Gasteiger partial charge in [0.1, 0.15) is 5.82 Å². The third-order valence-corrected chi connectivity index (χ3v) is 8.76. The average Bonchev–Trinajstić information content (AvgIpc) is 3.89. The first-order chi connectivity index (χ1) is 23.3. The van der Waals surface area contributed by atoms with Crippen LogP contribution in [0.2, 0.25) is 0 Å². The number of thioether (sulfide) groups is 2. The molecule has 15 heteroatoms. The molecule has 0 unspecified atom stereocenters. The molecule has 7 aromatic rings. The summed E-state index contributed by atoms with van der Waals surface area (Å²) in [5.74, 6) is 0.710. The van der Waals surface area contributed by atoms with E-state index >= 15 is 0 Å². The molecule has 4 aromatic carbocycles. The molecule has 9 nitrogen and oxygen atoms in total. The minimum Gasteiger partial charge on any atom is -0.411 e. The van der Waals surface area contributed by atoms with Gasteiger partial charge in [-0.1, -0.05) is 71.2 Å². The molecule has 0 N–H and O–H groups in total. The van der Waals surface area contributed by atoms with Gasteiger partial charge in [0.15, 0.2) is 0 Å². The van der Waals surface area contributed by atoms with Crippen LogP contribution in [0.5, 0.6) is 0 Å². The third-order valence-electron chi connectivity index (χ3n) is 7.04. The van der Waals surface area contributed by atoms with Crippen LogP contribution < -0.4 is 0 Å². The van der Waals surface area contributed by atoms with Crippen molar-refractivity contribution >= 4 is 23.5 Å². The minimum absolute atomic E-state index is 0.0359. The van der Waals surface area contributed by atoms with E-state index in [1.807, 2.05) is 54.7 Å². The summed E-state index contributed by atoms with van der Waals surface area (Å²) in [7, 11) is 0. The molecule has 0 aliphatic rings. The first-order valence-electron chi connectivity index (χ1n) is 14.2. The number of benzene rings is 4. The van der Waals surface area contributed by atoms with Crippen molar-refractivity contribution in [1.82, 2.24) is 35.4 Å². The SMILES string of the molecule is Fc1ccc(-c2nnc(SCc3cn(-c4ccc(-c5cccc(-c6nnc(SCc7ccccc7C(F)(F)F)o6)c5)cc4)nn3)o2)cc1. The highest BCUT2D eigenvalue weighted by atomic mass is 32.2. The maximum atomic E-state index is 13.3. The van der Waals surface area contributed by atoms with Gasteiger partial charge < -0.3 is 8.83 Å². The molecule has 240 valence electrons. The van der Waals surface area contributed by atoms with E-state index in [0.717, 1.165) is 34.6 Å². The van der Waals surface area contributed by atoms with E-state index in [1.165, 1.54) is 36.0 Å². The molecule has 0 aliphatic heterocycles. The Morgan fingerprint density at radius 3 is 2.00 bits per heavy atom. The Hall–Kier alpha value is -5.28. The topological polar surface area (TPSA) is 109 Å². The second-order valence-electron chi connectivity index (χ2n) is 10.3. The van der Waals surface area contributed by atoms with Crippen LogP contribution in [0.25, 0.3) is 39.7 Å². The van der Waals surface area contributed by atoms with Crippen LogP contribution in [0, 0.1) is 5.82 Å². The van der Waals surface area contributed by atoms with E-state index in [1.54, 1.807) is 22.9 Å². The molecular formula is C33H21F4N7O2S2. The predicted molar refractivity (Wildman–Crippen MR) is 170 cm³/mol. The quantitative estimate of drug-likeness (QED) is 0.102. The summed E-state index contributed by atoms with van der Waals surface area (Å²) in [5, 5.41) is 25.2. The maximum Gasteiger partial charge on any atom is 0.416 e. The van der Waals surface area contributed by atoms with Crippen LogP contribution in [0.1, 0.15) is 16.8 Å². The number of hydrogen-bond donors (Lipinski definition) is 0. The molecule has 0 bridgehead atoms. The van der Waals surface area contributed by atoms with Crippen molar-refractivity contribution < 1.29 is 26.4 Å². The lowest BCUT2D eigenvalue weighted by atomic mass is 10.0. The minimum atomic E-state index is -4.44. The number of rotatable bonds is 10. The Bertz CT molecular complexity index is 2160. The largest absolute Gasteiger partial charge is 0.416 e. The normalized spacial score (nSPS) is 11.7. The highest BCUT2D eigenvalue weighted by molar-refractivity contribution is 7.98. The monoisotopic (exact) mass is 687 g/mol. The number of hydrogen-bond acceptors (Lipinski definition) is 10. The molecule has 3 aromatic heterocycles.